The van der Waals surface area contributed by atoms with Gasteiger partial charge in [-0.05, 0) is 62.3 Å². The van der Waals surface area contributed by atoms with Crippen molar-refractivity contribution in [1.29, 1.82) is 0 Å². The second-order valence-corrected chi connectivity index (χ2v) is 11.3. The van der Waals surface area contributed by atoms with Gasteiger partial charge in [-0.2, -0.15) is 10.2 Å². The molecule has 0 radical (unpaired) electrons. The molecule has 0 amide bonds. The van der Waals surface area contributed by atoms with Gasteiger partial charge in [-0.25, -0.2) is 14.4 Å². The largest absolute Gasteiger partial charge is 0.355 e. The van der Waals surface area contributed by atoms with Crippen LogP contribution in [-0.4, -0.2) is 43.0 Å². The van der Waals surface area contributed by atoms with Crippen molar-refractivity contribution in [3.63, 3.8) is 0 Å². The molecule has 0 spiro atoms. The van der Waals surface area contributed by atoms with Gasteiger partial charge in [-0.3, -0.25) is 9.78 Å². The SMILES string of the molecule is CC[C@]1(c2ccccc2F)[C@@H]2CCN(c3cnc4c(-c5ccc6nn(C(C)C)cc6c5Cl)[nH]nc4n3)C[C@@H]21. The summed E-state index contributed by atoms with van der Waals surface area (Å²) in [4.78, 5) is 11.9. The van der Waals surface area contributed by atoms with Crippen molar-refractivity contribution >= 4 is 39.5 Å². The summed E-state index contributed by atoms with van der Waals surface area (Å²) in [5.74, 6) is 1.63. The van der Waals surface area contributed by atoms with Crippen LogP contribution in [0.4, 0.5) is 10.2 Å². The number of hydrogen-bond acceptors (Lipinski definition) is 5. The number of nitrogens with zero attached hydrogens (tertiary/aromatic N) is 6. The molecule has 0 bridgehead atoms. The number of aromatic nitrogens is 6. The Morgan fingerprint density at radius 3 is 2.82 bits per heavy atom. The molecule has 1 aliphatic heterocycles. The number of piperidine rings is 1. The minimum absolute atomic E-state index is 0.0874. The Kier molecular flexibility index (Phi) is 5.27. The van der Waals surface area contributed by atoms with Crippen LogP contribution in [0.5, 0.6) is 0 Å². The maximum atomic E-state index is 14.8. The van der Waals surface area contributed by atoms with Crippen LogP contribution in [0.2, 0.25) is 5.02 Å². The average Bonchev–Trinajstić information content (AvgIpc) is 3.20. The third kappa shape index (κ3) is 3.32. The van der Waals surface area contributed by atoms with Crippen molar-refractivity contribution in [2.24, 2.45) is 11.8 Å². The lowest BCUT2D eigenvalue weighted by Crippen LogP contribution is -2.32. The third-order valence-corrected chi connectivity index (χ3v) is 9.21. The van der Waals surface area contributed by atoms with Crippen LogP contribution in [0.15, 0.2) is 48.8 Å². The van der Waals surface area contributed by atoms with E-state index >= 15 is 0 Å². The van der Waals surface area contributed by atoms with Gasteiger partial charge in [-0.15, -0.1) is 0 Å². The van der Waals surface area contributed by atoms with E-state index in [1.54, 1.807) is 12.1 Å². The molecule has 2 fully saturated rings. The van der Waals surface area contributed by atoms with Crippen molar-refractivity contribution in [3.05, 3.63) is 65.2 Å². The smallest absolute Gasteiger partial charge is 0.202 e. The first-order chi connectivity index (χ1) is 18.4. The lowest BCUT2D eigenvalue weighted by Gasteiger charge is -2.26. The van der Waals surface area contributed by atoms with E-state index in [4.69, 9.17) is 21.6 Å². The van der Waals surface area contributed by atoms with Gasteiger partial charge in [0.25, 0.3) is 0 Å². The maximum absolute atomic E-state index is 14.8. The Hall–Kier alpha value is -3.52. The van der Waals surface area contributed by atoms with Crippen molar-refractivity contribution in [3.8, 4) is 11.3 Å². The second-order valence-electron chi connectivity index (χ2n) is 10.9. The van der Waals surface area contributed by atoms with E-state index in [0.717, 1.165) is 59.5 Å². The zero-order valence-corrected chi connectivity index (χ0v) is 22.4. The summed E-state index contributed by atoms with van der Waals surface area (Å²) in [6.45, 7) is 8.07. The molecule has 1 saturated carbocycles. The summed E-state index contributed by atoms with van der Waals surface area (Å²) in [5.41, 5.74) is 4.44. The number of benzene rings is 2. The Bertz CT molecular complexity index is 1690. The van der Waals surface area contributed by atoms with E-state index in [2.05, 4.69) is 41.0 Å². The van der Waals surface area contributed by atoms with E-state index in [1.807, 2.05) is 41.3 Å². The summed E-state index contributed by atoms with van der Waals surface area (Å²) in [7, 11) is 0. The molecule has 7 rings (SSSR count). The van der Waals surface area contributed by atoms with E-state index in [1.165, 1.54) is 0 Å². The fourth-order valence-electron chi connectivity index (χ4n) is 6.80. The van der Waals surface area contributed by atoms with E-state index < -0.39 is 0 Å². The first kappa shape index (κ1) is 23.6. The molecule has 0 unspecified atom stereocenters. The predicted molar refractivity (Wildman–Crippen MR) is 148 cm³/mol. The third-order valence-electron chi connectivity index (χ3n) is 8.80. The minimum atomic E-state index is -0.0889. The van der Waals surface area contributed by atoms with Gasteiger partial charge in [0.15, 0.2) is 0 Å². The fourth-order valence-corrected chi connectivity index (χ4v) is 7.10. The Morgan fingerprint density at radius 2 is 2.03 bits per heavy atom. The summed E-state index contributed by atoms with van der Waals surface area (Å²) < 4.78 is 16.7. The molecule has 1 N–H and O–H groups in total. The molecular weight excluding hydrogens is 501 g/mol. The first-order valence-electron chi connectivity index (χ1n) is 13.3. The quantitative estimate of drug-likeness (QED) is 0.279. The Labute approximate surface area is 225 Å². The van der Waals surface area contributed by atoms with E-state index in [9.17, 15) is 4.39 Å². The number of halogens is 2. The predicted octanol–water partition coefficient (Wildman–Crippen LogP) is 6.55. The maximum Gasteiger partial charge on any atom is 0.202 e. The van der Waals surface area contributed by atoms with E-state index in [0.29, 0.717) is 28.0 Å². The number of fused-ring (bicyclic) bond motifs is 3. The van der Waals surface area contributed by atoms with Crippen molar-refractivity contribution in [1.82, 2.24) is 29.9 Å². The lowest BCUT2D eigenvalue weighted by molar-refractivity contribution is 0.516. The highest BCUT2D eigenvalue weighted by Crippen LogP contribution is 2.65. The Morgan fingerprint density at radius 1 is 1.18 bits per heavy atom. The zero-order chi connectivity index (χ0) is 26.2. The molecule has 38 heavy (non-hydrogen) atoms. The van der Waals surface area contributed by atoms with Gasteiger partial charge in [0.2, 0.25) is 5.65 Å². The van der Waals surface area contributed by atoms with Gasteiger partial charge in [-0.1, -0.05) is 36.7 Å². The molecule has 2 aromatic carbocycles. The van der Waals surface area contributed by atoms with Gasteiger partial charge in [0.1, 0.15) is 17.2 Å². The molecule has 1 saturated heterocycles. The highest BCUT2D eigenvalue weighted by atomic mass is 35.5. The zero-order valence-electron chi connectivity index (χ0n) is 21.6. The molecule has 5 aromatic rings. The summed E-state index contributed by atoms with van der Waals surface area (Å²) >= 11 is 6.84. The number of aromatic amines is 1. The van der Waals surface area contributed by atoms with Crippen LogP contribution in [0.3, 0.4) is 0 Å². The second kappa shape index (κ2) is 8.50. The average molecular weight is 530 g/mol. The van der Waals surface area contributed by atoms with Crippen molar-refractivity contribution in [2.75, 3.05) is 18.0 Å². The monoisotopic (exact) mass is 529 g/mol. The van der Waals surface area contributed by atoms with Crippen LogP contribution in [-0.2, 0) is 5.41 Å². The first-order valence-corrected chi connectivity index (χ1v) is 13.7. The number of hydrogen-bond donors (Lipinski definition) is 1. The molecule has 4 heterocycles. The van der Waals surface area contributed by atoms with E-state index in [-0.39, 0.29) is 17.3 Å². The topological polar surface area (TPSA) is 75.5 Å². The summed E-state index contributed by atoms with van der Waals surface area (Å²) in [6, 6.07) is 11.4. The van der Waals surface area contributed by atoms with Crippen LogP contribution in [0.25, 0.3) is 33.3 Å². The fraction of sp³-hybridized carbons (Fsp3) is 0.379. The van der Waals surface area contributed by atoms with Crippen LogP contribution in [0.1, 0.15) is 45.2 Å². The summed E-state index contributed by atoms with van der Waals surface area (Å²) in [6.07, 6.45) is 5.75. The molecule has 9 heteroatoms. The molecule has 194 valence electrons. The molecule has 3 atom stereocenters. The molecule has 7 nitrogen and oxygen atoms in total. The van der Waals surface area contributed by atoms with Gasteiger partial charge in [0.05, 0.1) is 22.4 Å². The minimum Gasteiger partial charge on any atom is -0.355 e. The number of anilines is 1. The molecule has 1 aliphatic carbocycles. The highest BCUT2D eigenvalue weighted by Gasteiger charge is 2.65. The molecule has 3 aromatic heterocycles. The standard InChI is InChI=1S/C29H29ClFN7/c1-4-29(20-7-5-6-8-22(20)31)19-11-12-37(15-21(19)29)24-13-32-27-26(34-35-28(27)33-24)17-9-10-23-18(25(17)30)14-38(36-23)16(2)3/h5-10,13-14,16,19,21H,4,11-12,15H2,1-3H3,(H,33,34,35)/t19-,21+,29-/m1/s1. The molecular formula is C29H29ClFN7. The summed E-state index contributed by atoms with van der Waals surface area (Å²) in [5, 5.41) is 13.7. The van der Waals surface area contributed by atoms with Crippen molar-refractivity contribution in [2.45, 2.75) is 45.1 Å². The van der Waals surface area contributed by atoms with Gasteiger partial charge in [0, 0.05) is 41.7 Å². The van der Waals surface area contributed by atoms with Crippen LogP contribution in [0, 0.1) is 17.7 Å². The van der Waals surface area contributed by atoms with Gasteiger partial charge >= 0.3 is 0 Å². The van der Waals surface area contributed by atoms with Crippen LogP contribution >= 0.6 is 11.6 Å². The number of rotatable bonds is 5. The highest BCUT2D eigenvalue weighted by molar-refractivity contribution is 6.38. The lowest BCUT2D eigenvalue weighted by atomic mass is 9.88. The number of H-pyrrole nitrogens is 1. The van der Waals surface area contributed by atoms with Crippen LogP contribution < -0.4 is 4.90 Å². The Balaban J connectivity index is 1.19. The van der Waals surface area contributed by atoms with Crippen molar-refractivity contribution < 1.29 is 4.39 Å². The number of nitrogens with one attached hydrogen (secondary N) is 1. The van der Waals surface area contributed by atoms with Gasteiger partial charge < -0.3 is 4.90 Å². The molecule has 2 aliphatic rings. The normalized spacial score (nSPS) is 22.9.